The van der Waals surface area contributed by atoms with E-state index in [1.165, 1.54) is 0 Å². The first-order chi connectivity index (χ1) is 15.4. The molecule has 0 bridgehead atoms. The van der Waals surface area contributed by atoms with Crippen molar-refractivity contribution in [3.05, 3.63) is 83.9 Å². The maximum atomic E-state index is 12.4. The van der Waals surface area contributed by atoms with Crippen molar-refractivity contribution in [3.8, 4) is 0 Å². The zero-order chi connectivity index (χ0) is 22.9. The molecule has 0 fully saturated rings. The lowest BCUT2D eigenvalue weighted by Crippen LogP contribution is -2.22. The first kappa shape index (κ1) is 22.6. The molecule has 32 heavy (non-hydrogen) atoms. The molecule has 7 heteroatoms. The summed E-state index contributed by atoms with van der Waals surface area (Å²) < 4.78 is 0. The van der Waals surface area contributed by atoms with Crippen molar-refractivity contribution in [1.82, 2.24) is 0 Å². The van der Waals surface area contributed by atoms with Gasteiger partial charge in [0, 0.05) is 34.7 Å². The Bertz CT molecular complexity index is 1110. The normalized spacial score (nSPS) is 10.2. The van der Waals surface area contributed by atoms with E-state index >= 15 is 0 Å². The topological polar surface area (TPSA) is 99.3 Å². The van der Waals surface area contributed by atoms with Crippen LogP contribution in [0.3, 0.4) is 0 Å². The van der Waals surface area contributed by atoms with E-state index in [1.54, 1.807) is 61.5 Å². The van der Waals surface area contributed by atoms with Gasteiger partial charge in [0.1, 0.15) is 0 Å². The Morgan fingerprint density at radius 3 is 2.16 bits per heavy atom. The van der Waals surface area contributed by atoms with Crippen LogP contribution in [-0.4, -0.2) is 24.3 Å². The van der Waals surface area contributed by atoms with Gasteiger partial charge in [0.25, 0.3) is 5.91 Å². The molecule has 164 valence electrons. The Balaban J connectivity index is 1.56. The standard InChI is InChI=1S/C25H26N4O3/c1-3-23(30)29-22-15-19(13-12-17(22)2)26-16-24(31)27-20-10-7-11-21(14-20)28-25(32)18-8-5-4-6-9-18/h4-15,26H,3,16H2,1-2H3,(H,27,31)(H,28,32)(H,29,30). The predicted molar refractivity (Wildman–Crippen MR) is 128 cm³/mol. The SMILES string of the molecule is CCC(=O)Nc1cc(NCC(=O)Nc2cccc(NC(=O)c3ccccc3)c2)ccc1C. The maximum absolute atomic E-state index is 12.4. The highest BCUT2D eigenvalue weighted by Gasteiger charge is 2.08. The van der Waals surface area contributed by atoms with E-state index < -0.39 is 0 Å². The summed E-state index contributed by atoms with van der Waals surface area (Å²) in [4.78, 5) is 36.4. The van der Waals surface area contributed by atoms with Gasteiger partial charge in [-0.3, -0.25) is 14.4 Å². The van der Waals surface area contributed by atoms with Crippen molar-refractivity contribution < 1.29 is 14.4 Å². The minimum Gasteiger partial charge on any atom is -0.376 e. The molecule has 3 aromatic rings. The number of carbonyl (C=O) groups excluding carboxylic acids is 3. The highest BCUT2D eigenvalue weighted by Crippen LogP contribution is 2.21. The van der Waals surface area contributed by atoms with Gasteiger partial charge in [-0.05, 0) is 55.0 Å². The van der Waals surface area contributed by atoms with Gasteiger partial charge in [-0.2, -0.15) is 0 Å². The van der Waals surface area contributed by atoms with E-state index in [0.717, 1.165) is 11.3 Å². The van der Waals surface area contributed by atoms with Crippen LogP contribution in [0.5, 0.6) is 0 Å². The average Bonchev–Trinajstić information content (AvgIpc) is 2.80. The van der Waals surface area contributed by atoms with Crippen LogP contribution in [0.25, 0.3) is 0 Å². The van der Waals surface area contributed by atoms with Crippen LogP contribution in [0.2, 0.25) is 0 Å². The van der Waals surface area contributed by atoms with E-state index in [2.05, 4.69) is 21.3 Å². The molecular weight excluding hydrogens is 404 g/mol. The molecule has 0 aliphatic rings. The molecule has 0 saturated carbocycles. The van der Waals surface area contributed by atoms with Crippen molar-refractivity contribution >= 4 is 40.5 Å². The summed E-state index contributed by atoms with van der Waals surface area (Å²) in [5.74, 6) is -0.528. The highest BCUT2D eigenvalue weighted by atomic mass is 16.2. The quantitative estimate of drug-likeness (QED) is 0.418. The first-order valence-electron chi connectivity index (χ1n) is 10.4. The number of rotatable bonds is 8. The second kappa shape index (κ2) is 10.8. The average molecular weight is 431 g/mol. The fourth-order valence-electron chi connectivity index (χ4n) is 2.96. The van der Waals surface area contributed by atoms with E-state index in [-0.39, 0.29) is 24.3 Å². The second-order valence-corrected chi connectivity index (χ2v) is 7.23. The van der Waals surface area contributed by atoms with E-state index in [4.69, 9.17) is 0 Å². The molecule has 7 nitrogen and oxygen atoms in total. The third kappa shape index (κ3) is 6.43. The molecule has 0 atom stereocenters. The number of aryl methyl sites for hydroxylation is 1. The third-order valence-corrected chi connectivity index (χ3v) is 4.73. The van der Waals surface area contributed by atoms with Crippen LogP contribution in [0, 0.1) is 6.92 Å². The monoisotopic (exact) mass is 430 g/mol. The van der Waals surface area contributed by atoms with Crippen molar-refractivity contribution in [2.75, 3.05) is 27.8 Å². The summed E-state index contributed by atoms with van der Waals surface area (Å²) in [6.07, 6.45) is 0.393. The van der Waals surface area contributed by atoms with Crippen molar-refractivity contribution in [2.24, 2.45) is 0 Å². The summed E-state index contributed by atoms with van der Waals surface area (Å²) in [5.41, 5.74) is 4.09. The lowest BCUT2D eigenvalue weighted by atomic mass is 10.1. The summed E-state index contributed by atoms with van der Waals surface area (Å²) in [6.45, 7) is 3.75. The molecule has 3 aromatic carbocycles. The van der Waals surface area contributed by atoms with E-state index in [0.29, 0.717) is 29.0 Å². The fraction of sp³-hybridized carbons (Fsp3) is 0.160. The second-order valence-electron chi connectivity index (χ2n) is 7.23. The van der Waals surface area contributed by atoms with Crippen molar-refractivity contribution in [3.63, 3.8) is 0 Å². The smallest absolute Gasteiger partial charge is 0.255 e. The first-order valence-corrected chi connectivity index (χ1v) is 10.4. The number of nitrogens with one attached hydrogen (secondary N) is 4. The Morgan fingerprint density at radius 2 is 1.44 bits per heavy atom. The molecule has 0 aliphatic heterocycles. The molecular formula is C25H26N4O3. The number of amides is 3. The Hall–Kier alpha value is -4.13. The maximum Gasteiger partial charge on any atom is 0.255 e. The van der Waals surface area contributed by atoms with Crippen LogP contribution >= 0.6 is 0 Å². The lowest BCUT2D eigenvalue weighted by molar-refractivity contribution is -0.116. The van der Waals surface area contributed by atoms with Crippen LogP contribution < -0.4 is 21.3 Å². The van der Waals surface area contributed by atoms with Crippen LogP contribution in [0.4, 0.5) is 22.7 Å². The molecule has 0 aromatic heterocycles. The van der Waals surface area contributed by atoms with Gasteiger partial charge in [-0.1, -0.05) is 37.3 Å². The third-order valence-electron chi connectivity index (χ3n) is 4.73. The Morgan fingerprint density at radius 1 is 0.719 bits per heavy atom. The van der Waals surface area contributed by atoms with E-state index in [9.17, 15) is 14.4 Å². The van der Waals surface area contributed by atoms with Crippen LogP contribution in [0.1, 0.15) is 29.3 Å². The number of hydrogen-bond acceptors (Lipinski definition) is 4. The number of hydrogen-bond donors (Lipinski definition) is 4. The minimum absolute atomic E-state index is 0.0465. The van der Waals surface area contributed by atoms with Gasteiger partial charge >= 0.3 is 0 Å². The molecule has 3 rings (SSSR count). The summed E-state index contributed by atoms with van der Waals surface area (Å²) in [5, 5.41) is 11.5. The lowest BCUT2D eigenvalue weighted by Gasteiger charge is -2.12. The van der Waals surface area contributed by atoms with Crippen molar-refractivity contribution in [1.29, 1.82) is 0 Å². The minimum atomic E-state index is -0.240. The number of carbonyl (C=O) groups is 3. The fourth-order valence-corrected chi connectivity index (χ4v) is 2.96. The number of anilines is 4. The van der Waals surface area contributed by atoms with Gasteiger partial charge in [0.05, 0.1) is 6.54 Å². The molecule has 0 heterocycles. The zero-order valence-corrected chi connectivity index (χ0v) is 18.1. The van der Waals surface area contributed by atoms with E-state index in [1.807, 2.05) is 25.1 Å². The molecule has 0 saturated heterocycles. The summed E-state index contributed by atoms with van der Waals surface area (Å²) in [6, 6.07) is 21.4. The largest absolute Gasteiger partial charge is 0.376 e. The molecule has 0 spiro atoms. The molecule has 4 N–H and O–H groups in total. The Labute approximate surface area is 187 Å². The summed E-state index contributed by atoms with van der Waals surface area (Å²) in [7, 11) is 0. The van der Waals surface area contributed by atoms with Gasteiger partial charge in [0.2, 0.25) is 11.8 Å². The predicted octanol–water partition coefficient (Wildman–Crippen LogP) is 4.65. The van der Waals surface area contributed by atoms with Crippen LogP contribution in [-0.2, 0) is 9.59 Å². The molecule has 0 unspecified atom stereocenters. The van der Waals surface area contributed by atoms with Gasteiger partial charge in [-0.15, -0.1) is 0 Å². The highest BCUT2D eigenvalue weighted by molar-refractivity contribution is 6.04. The van der Waals surface area contributed by atoms with Crippen molar-refractivity contribution in [2.45, 2.75) is 20.3 Å². The van der Waals surface area contributed by atoms with Gasteiger partial charge in [-0.25, -0.2) is 0 Å². The van der Waals surface area contributed by atoms with Gasteiger partial charge in [0.15, 0.2) is 0 Å². The Kier molecular flexibility index (Phi) is 7.59. The van der Waals surface area contributed by atoms with Gasteiger partial charge < -0.3 is 21.3 Å². The molecule has 0 radical (unpaired) electrons. The van der Waals surface area contributed by atoms with Crippen LogP contribution in [0.15, 0.2) is 72.8 Å². The number of benzene rings is 3. The zero-order valence-electron chi connectivity index (χ0n) is 18.1. The summed E-state index contributed by atoms with van der Waals surface area (Å²) >= 11 is 0. The molecule has 3 amide bonds. The molecule has 0 aliphatic carbocycles.